The quantitative estimate of drug-likeness (QED) is 0.783. The van der Waals surface area contributed by atoms with Gasteiger partial charge in [-0.1, -0.05) is 0 Å². The summed E-state index contributed by atoms with van der Waals surface area (Å²) in [4.78, 5) is 25.5. The standard InChI is InChI=1S/C14H26N2O3/c1-11(13(18)19-14(2,3)4)15-10-12(17)16-8-6-5-7-9-16/h11,15H,5-10H2,1-4H3. The van der Waals surface area contributed by atoms with E-state index in [1.165, 1.54) is 6.42 Å². The molecule has 1 aliphatic rings. The van der Waals surface area contributed by atoms with E-state index in [9.17, 15) is 9.59 Å². The van der Waals surface area contributed by atoms with Crippen LogP contribution in [0.4, 0.5) is 0 Å². The first-order valence-electron chi connectivity index (χ1n) is 7.03. The van der Waals surface area contributed by atoms with Gasteiger partial charge in [0.15, 0.2) is 0 Å². The van der Waals surface area contributed by atoms with Gasteiger partial charge >= 0.3 is 5.97 Å². The van der Waals surface area contributed by atoms with E-state index >= 15 is 0 Å². The van der Waals surface area contributed by atoms with Crippen LogP contribution in [0.5, 0.6) is 0 Å². The molecule has 1 amide bonds. The van der Waals surface area contributed by atoms with Crippen LogP contribution in [0.25, 0.3) is 0 Å². The van der Waals surface area contributed by atoms with Gasteiger partial charge in [0, 0.05) is 13.1 Å². The van der Waals surface area contributed by atoms with Gasteiger partial charge in [-0.3, -0.25) is 14.9 Å². The lowest BCUT2D eigenvalue weighted by molar-refractivity contribution is -0.157. The normalized spacial score (nSPS) is 18.0. The molecule has 0 bridgehead atoms. The van der Waals surface area contributed by atoms with E-state index in [1.54, 1.807) is 6.92 Å². The van der Waals surface area contributed by atoms with Gasteiger partial charge in [-0.15, -0.1) is 0 Å². The number of hydrogen-bond acceptors (Lipinski definition) is 4. The highest BCUT2D eigenvalue weighted by molar-refractivity contribution is 5.80. The van der Waals surface area contributed by atoms with Gasteiger partial charge < -0.3 is 9.64 Å². The maximum atomic E-state index is 11.9. The zero-order chi connectivity index (χ0) is 14.5. The summed E-state index contributed by atoms with van der Waals surface area (Å²) in [5, 5.41) is 2.94. The van der Waals surface area contributed by atoms with Crippen LogP contribution in [-0.2, 0) is 14.3 Å². The van der Waals surface area contributed by atoms with Gasteiger partial charge in [0.25, 0.3) is 0 Å². The molecular weight excluding hydrogens is 244 g/mol. The summed E-state index contributed by atoms with van der Waals surface area (Å²) in [5.74, 6) is -0.256. The first kappa shape index (κ1) is 16.0. The fourth-order valence-corrected chi connectivity index (χ4v) is 1.97. The fraction of sp³-hybridized carbons (Fsp3) is 0.857. The van der Waals surface area contributed by atoms with Gasteiger partial charge in [-0.2, -0.15) is 0 Å². The van der Waals surface area contributed by atoms with E-state index in [0.717, 1.165) is 25.9 Å². The molecule has 0 aromatic carbocycles. The van der Waals surface area contributed by atoms with Crippen LogP contribution in [0.3, 0.4) is 0 Å². The first-order chi connectivity index (χ1) is 8.79. The van der Waals surface area contributed by atoms with Gasteiger partial charge in [-0.25, -0.2) is 0 Å². The third kappa shape index (κ3) is 6.05. The van der Waals surface area contributed by atoms with Crippen LogP contribution in [0.1, 0.15) is 47.0 Å². The second-order valence-electron chi connectivity index (χ2n) is 6.08. The lowest BCUT2D eigenvalue weighted by Gasteiger charge is -2.27. The second-order valence-corrected chi connectivity index (χ2v) is 6.08. The lowest BCUT2D eigenvalue weighted by Crippen LogP contribution is -2.46. The van der Waals surface area contributed by atoms with Crippen molar-refractivity contribution in [3.05, 3.63) is 0 Å². The number of likely N-dealkylation sites (tertiary alicyclic amines) is 1. The largest absolute Gasteiger partial charge is 0.459 e. The molecule has 110 valence electrons. The monoisotopic (exact) mass is 270 g/mol. The molecule has 1 unspecified atom stereocenters. The van der Waals surface area contributed by atoms with Crippen molar-refractivity contribution in [3.8, 4) is 0 Å². The molecule has 1 fully saturated rings. The number of hydrogen-bond donors (Lipinski definition) is 1. The summed E-state index contributed by atoms with van der Waals surface area (Å²) in [6.45, 7) is 9.07. The number of piperidine rings is 1. The van der Waals surface area contributed by atoms with Crippen LogP contribution in [-0.4, -0.2) is 48.1 Å². The van der Waals surface area contributed by atoms with Crippen molar-refractivity contribution in [1.82, 2.24) is 10.2 Å². The zero-order valence-electron chi connectivity index (χ0n) is 12.5. The predicted octanol–water partition coefficient (Wildman–Crippen LogP) is 1.32. The molecule has 0 spiro atoms. The molecule has 5 heteroatoms. The number of ether oxygens (including phenoxy) is 1. The summed E-state index contributed by atoms with van der Waals surface area (Å²) in [5.41, 5.74) is -0.496. The highest BCUT2D eigenvalue weighted by Crippen LogP contribution is 2.09. The molecule has 19 heavy (non-hydrogen) atoms. The number of esters is 1. The molecule has 0 radical (unpaired) electrons. The molecule has 5 nitrogen and oxygen atoms in total. The molecule has 1 rings (SSSR count). The van der Waals surface area contributed by atoms with E-state index in [2.05, 4.69) is 5.32 Å². The predicted molar refractivity (Wildman–Crippen MR) is 73.7 cm³/mol. The minimum absolute atomic E-state index is 0.0649. The van der Waals surface area contributed by atoms with Crippen LogP contribution in [0.2, 0.25) is 0 Å². The van der Waals surface area contributed by atoms with Crippen LogP contribution >= 0.6 is 0 Å². The van der Waals surface area contributed by atoms with E-state index in [4.69, 9.17) is 4.74 Å². The minimum Gasteiger partial charge on any atom is -0.459 e. The number of rotatable bonds is 4. The molecule has 1 heterocycles. The Balaban J connectivity index is 2.30. The van der Waals surface area contributed by atoms with E-state index in [0.29, 0.717) is 0 Å². The van der Waals surface area contributed by atoms with Gasteiger partial charge in [0.05, 0.1) is 6.54 Å². The summed E-state index contributed by atoms with van der Waals surface area (Å²) in [6.07, 6.45) is 3.35. The Kier molecular flexibility index (Phi) is 5.79. The fourth-order valence-electron chi connectivity index (χ4n) is 1.97. The SMILES string of the molecule is CC(NCC(=O)N1CCCCC1)C(=O)OC(C)(C)C. The van der Waals surface area contributed by atoms with Gasteiger partial charge in [-0.05, 0) is 47.0 Å². The van der Waals surface area contributed by atoms with E-state index < -0.39 is 11.6 Å². The maximum absolute atomic E-state index is 11.9. The number of amides is 1. The number of carbonyl (C=O) groups excluding carboxylic acids is 2. The third-order valence-electron chi connectivity index (χ3n) is 3.03. The Labute approximate surface area is 115 Å². The lowest BCUT2D eigenvalue weighted by atomic mass is 10.1. The molecule has 1 aliphatic heterocycles. The zero-order valence-corrected chi connectivity index (χ0v) is 12.5. The number of nitrogens with one attached hydrogen (secondary N) is 1. The van der Waals surface area contributed by atoms with Gasteiger partial charge in [0.1, 0.15) is 11.6 Å². The highest BCUT2D eigenvalue weighted by Gasteiger charge is 2.23. The molecule has 0 aromatic heterocycles. The van der Waals surface area contributed by atoms with Crippen molar-refractivity contribution in [1.29, 1.82) is 0 Å². The van der Waals surface area contributed by atoms with Crippen molar-refractivity contribution >= 4 is 11.9 Å². The molecule has 0 aromatic rings. The van der Waals surface area contributed by atoms with Crippen molar-refractivity contribution in [3.63, 3.8) is 0 Å². The highest BCUT2D eigenvalue weighted by atomic mass is 16.6. The van der Waals surface area contributed by atoms with Crippen molar-refractivity contribution in [2.24, 2.45) is 0 Å². The summed E-state index contributed by atoms with van der Waals surface area (Å²) >= 11 is 0. The molecule has 1 saturated heterocycles. The van der Waals surface area contributed by atoms with Crippen LogP contribution in [0.15, 0.2) is 0 Å². The molecule has 1 atom stereocenters. The smallest absolute Gasteiger partial charge is 0.323 e. The Bertz CT molecular complexity index is 317. The second kappa shape index (κ2) is 6.89. The Morgan fingerprint density at radius 2 is 1.79 bits per heavy atom. The van der Waals surface area contributed by atoms with Crippen LogP contribution < -0.4 is 5.32 Å². The van der Waals surface area contributed by atoms with E-state index in [-0.39, 0.29) is 18.4 Å². The van der Waals surface area contributed by atoms with Crippen molar-refractivity contribution in [2.75, 3.05) is 19.6 Å². The average Bonchev–Trinajstić information content (AvgIpc) is 2.34. The first-order valence-corrected chi connectivity index (χ1v) is 7.03. The minimum atomic E-state index is -0.496. The summed E-state index contributed by atoms with van der Waals surface area (Å²) in [7, 11) is 0. The summed E-state index contributed by atoms with van der Waals surface area (Å²) < 4.78 is 5.25. The Hall–Kier alpha value is -1.10. The average molecular weight is 270 g/mol. The number of nitrogens with zero attached hydrogens (tertiary/aromatic N) is 1. The molecule has 0 saturated carbocycles. The maximum Gasteiger partial charge on any atom is 0.323 e. The number of carbonyl (C=O) groups is 2. The van der Waals surface area contributed by atoms with Crippen molar-refractivity contribution < 1.29 is 14.3 Å². The molecule has 0 aliphatic carbocycles. The third-order valence-corrected chi connectivity index (χ3v) is 3.03. The Morgan fingerprint density at radius 3 is 2.32 bits per heavy atom. The topological polar surface area (TPSA) is 58.6 Å². The van der Waals surface area contributed by atoms with E-state index in [1.807, 2.05) is 25.7 Å². The molecule has 1 N–H and O–H groups in total. The Morgan fingerprint density at radius 1 is 1.21 bits per heavy atom. The van der Waals surface area contributed by atoms with Crippen LogP contribution in [0, 0.1) is 0 Å². The molecular formula is C14H26N2O3. The van der Waals surface area contributed by atoms with Crippen molar-refractivity contribution in [2.45, 2.75) is 58.6 Å². The summed E-state index contributed by atoms with van der Waals surface area (Å²) in [6, 6.07) is -0.465. The van der Waals surface area contributed by atoms with Gasteiger partial charge in [0.2, 0.25) is 5.91 Å².